The average molecular weight is 325 g/mol. The molecule has 5 nitrogen and oxygen atoms in total. The van der Waals surface area contributed by atoms with Gasteiger partial charge in [0.25, 0.3) is 0 Å². The van der Waals surface area contributed by atoms with E-state index in [4.69, 9.17) is 21.3 Å². The van der Waals surface area contributed by atoms with Crippen molar-refractivity contribution < 1.29 is 4.74 Å². The van der Waals surface area contributed by atoms with Crippen LogP contribution < -0.4 is 10.1 Å². The Morgan fingerprint density at radius 1 is 1.13 bits per heavy atom. The number of aromatic nitrogens is 3. The van der Waals surface area contributed by atoms with Crippen LogP contribution in [-0.4, -0.2) is 21.5 Å². The molecular formula is C17H13ClN4O. The first-order valence-corrected chi connectivity index (χ1v) is 7.45. The van der Waals surface area contributed by atoms with E-state index in [9.17, 15) is 0 Å². The molecule has 0 spiro atoms. The zero-order chi connectivity index (χ0) is 15.8. The van der Waals surface area contributed by atoms with Crippen molar-refractivity contribution in [3.63, 3.8) is 0 Å². The number of ether oxygens (including phenoxy) is 1. The van der Waals surface area contributed by atoms with Gasteiger partial charge in [-0.15, -0.1) is 0 Å². The van der Waals surface area contributed by atoms with Crippen LogP contribution >= 0.6 is 11.6 Å². The molecule has 0 bridgehead atoms. The lowest BCUT2D eigenvalue weighted by atomic mass is 10.2. The molecule has 0 saturated heterocycles. The standard InChI is InChI=1S/C17H13ClN4O/c1-23-11-6-7-14-15(8-11)22-10-19-9-16(22)17(21-14)20-13-5-3-2-4-12(13)18/h2-10H,1H3,(H,20,21). The summed E-state index contributed by atoms with van der Waals surface area (Å²) in [5.41, 5.74) is 3.44. The predicted octanol–water partition coefficient (Wildman–Crippen LogP) is 4.29. The fourth-order valence-corrected chi connectivity index (χ4v) is 2.72. The van der Waals surface area contributed by atoms with Crippen molar-refractivity contribution in [1.29, 1.82) is 0 Å². The smallest absolute Gasteiger partial charge is 0.157 e. The minimum absolute atomic E-state index is 0.641. The summed E-state index contributed by atoms with van der Waals surface area (Å²) in [6, 6.07) is 13.3. The molecule has 114 valence electrons. The van der Waals surface area contributed by atoms with Crippen LogP contribution in [0.5, 0.6) is 5.75 Å². The van der Waals surface area contributed by atoms with Crippen LogP contribution in [0.25, 0.3) is 16.6 Å². The molecule has 0 aliphatic rings. The van der Waals surface area contributed by atoms with Gasteiger partial charge in [0.2, 0.25) is 0 Å². The Morgan fingerprint density at radius 2 is 2.00 bits per heavy atom. The van der Waals surface area contributed by atoms with Crippen molar-refractivity contribution in [1.82, 2.24) is 14.4 Å². The van der Waals surface area contributed by atoms with Gasteiger partial charge in [0, 0.05) is 6.07 Å². The van der Waals surface area contributed by atoms with Gasteiger partial charge in [-0.05, 0) is 24.3 Å². The first kappa shape index (κ1) is 13.8. The molecule has 0 saturated carbocycles. The quantitative estimate of drug-likeness (QED) is 0.611. The van der Waals surface area contributed by atoms with Crippen molar-refractivity contribution >= 4 is 39.7 Å². The van der Waals surface area contributed by atoms with Gasteiger partial charge in [-0.1, -0.05) is 23.7 Å². The molecule has 4 rings (SSSR count). The highest BCUT2D eigenvalue weighted by Gasteiger charge is 2.11. The number of benzene rings is 2. The topological polar surface area (TPSA) is 51.5 Å². The number of nitrogens with one attached hydrogen (secondary N) is 1. The lowest BCUT2D eigenvalue weighted by molar-refractivity contribution is 0.415. The molecule has 0 unspecified atom stereocenters. The van der Waals surface area contributed by atoms with Gasteiger partial charge in [0.15, 0.2) is 5.82 Å². The molecule has 0 radical (unpaired) electrons. The van der Waals surface area contributed by atoms with Gasteiger partial charge >= 0.3 is 0 Å². The Bertz CT molecular complexity index is 1010. The molecule has 2 aromatic carbocycles. The SMILES string of the molecule is COc1ccc2nc(Nc3ccccc3Cl)c3cncn3c2c1. The van der Waals surface area contributed by atoms with Crippen molar-refractivity contribution in [3.8, 4) is 5.75 Å². The maximum atomic E-state index is 6.23. The summed E-state index contributed by atoms with van der Waals surface area (Å²) in [4.78, 5) is 8.94. The normalized spacial score (nSPS) is 11.0. The van der Waals surface area contributed by atoms with Crippen LogP contribution in [0.3, 0.4) is 0 Å². The maximum Gasteiger partial charge on any atom is 0.157 e. The highest BCUT2D eigenvalue weighted by molar-refractivity contribution is 6.33. The number of fused-ring (bicyclic) bond motifs is 3. The molecule has 0 aliphatic heterocycles. The number of hydrogen-bond donors (Lipinski definition) is 1. The van der Waals surface area contributed by atoms with E-state index in [1.165, 1.54) is 0 Å². The Hall–Kier alpha value is -2.79. The molecule has 0 fully saturated rings. The highest BCUT2D eigenvalue weighted by atomic mass is 35.5. The van der Waals surface area contributed by atoms with E-state index >= 15 is 0 Å². The van der Waals surface area contributed by atoms with Gasteiger partial charge in [-0.2, -0.15) is 0 Å². The zero-order valence-electron chi connectivity index (χ0n) is 12.3. The van der Waals surface area contributed by atoms with E-state index in [1.807, 2.05) is 46.9 Å². The Kier molecular flexibility index (Phi) is 3.28. The second kappa shape index (κ2) is 5.44. The third-order valence-corrected chi connectivity index (χ3v) is 4.01. The molecule has 1 N–H and O–H groups in total. The Morgan fingerprint density at radius 3 is 2.83 bits per heavy atom. The van der Waals surface area contributed by atoms with E-state index in [0.717, 1.165) is 28.0 Å². The number of para-hydroxylation sites is 1. The van der Waals surface area contributed by atoms with Crippen molar-refractivity contribution in [2.45, 2.75) is 0 Å². The van der Waals surface area contributed by atoms with Gasteiger partial charge in [-0.25, -0.2) is 9.97 Å². The third kappa shape index (κ3) is 2.35. The Labute approximate surface area is 137 Å². The molecule has 4 aromatic rings. The summed E-state index contributed by atoms with van der Waals surface area (Å²) in [6.45, 7) is 0. The van der Waals surface area contributed by atoms with E-state index in [0.29, 0.717) is 10.8 Å². The minimum atomic E-state index is 0.641. The first-order valence-electron chi connectivity index (χ1n) is 7.07. The van der Waals surface area contributed by atoms with Crippen molar-refractivity contribution in [2.75, 3.05) is 12.4 Å². The van der Waals surface area contributed by atoms with Crippen molar-refractivity contribution in [2.24, 2.45) is 0 Å². The summed E-state index contributed by atoms with van der Waals surface area (Å²) in [5.74, 6) is 1.48. The second-order valence-corrected chi connectivity index (χ2v) is 5.48. The second-order valence-electron chi connectivity index (χ2n) is 5.07. The summed E-state index contributed by atoms with van der Waals surface area (Å²) in [6.07, 6.45) is 3.53. The van der Waals surface area contributed by atoms with Gasteiger partial charge < -0.3 is 10.1 Å². The molecule has 0 aliphatic carbocycles. The fraction of sp³-hybridized carbons (Fsp3) is 0.0588. The van der Waals surface area contributed by atoms with Crippen LogP contribution in [0.4, 0.5) is 11.5 Å². The van der Waals surface area contributed by atoms with E-state index in [2.05, 4.69) is 10.3 Å². The maximum absolute atomic E-state index is 6.23. The number of hydrogen-bond acceptors (Lipinski definition) is 4. The summed E-state index contributed by atoms with van der Waals surface area (Å²) in [5, 5.41) is 3.93. The highest BCUT2D eigenvalue weighted by Crippen LogP contribution is 2.29. The summed E-state index contributed by atoms with van der Waals surface area (Å²) in [7, 11) is 1.65. The number of anilines is 2. The van der Waals surface area contributed by atoms with E-state index in [1.54, 1.807) is 19.6 Å². The van der Waals surface area contributed by atoms with Gasteiger partial charge in [-0.3, -0.25) is 4.40 Å². The van der Waals surface area contributed by atoms with Gasteiger partial charge in [0.1, 0.15) is 11.3 Å². The monoisotopic (exact) mass is 324 g/mol. The predicted molar refractivity (Wildman–Crippen MR) is 91.8 cm³/mol. The number of rotatable bonds is 3. The molecule has 0 amide bonds. The number of imidazole rings is 1. The Balaban J connectivity index is 1.92. The number of nitrogens with zero attached hydrogens (tertiary/aromatic N) is 3. The molecular weight excluding hydrogens is 312 g/mol. The zero-order valence-corrected chi connectivity index (χ0v) is 13.1. The fourth-order valence-electron chi connectivity index (χ4n) is 2.54. The molecule has 0 atom stereocenters. The van der Waals surface area contributed by atoms with Gasteiger partial charge in [0.05, 0.1) is 41.4 Å². The van der Waals surface area contributed by atoms with Crippen LogP contribution in [0, 0.1) is 0 Å². The number of methoxy groups -OCH3 is 1. The lowest BCUT2D eigenvalue weighted by Gasteiger charge is -2.11. The number of halogens is 1. The largest absolute Gasteiger partial charge is 0.497 e. The lowest BCUT2D eigenvalue weighted by Crippen LogP contribution is -1.99. The molecule has 2 aromatic heterocycles. The summed E-state index contributed by atoms with van der Waals surface area (Å²) < 4.78 is 7.27. The molecule has 2 heterocycles. The van der Waals surface area contributed by atoms with Crippen LogP contribution in [0.15, 0.2) is 55.0 Å². The average Bonchev–Trinajstić information content (AvgIpc) is 3.07. The van der Waals surface area contributed by atoms with Crippen LogP contribution in [0.2, 0.25) is 5.02 Å². The van der Waals surface area contributed by atoms with Crippen molar-refractivity contribution in [3.05, 3.63) is 60.0 Å². The van der Waals surface area contributed by atoms with Crippen LogP contribution in [0.1, 0.15) is 0 Å². The third-order valence-electron chi connectivity index (χ3n) is 3.68. The van der Waals surface area contributed by atoms with E-state index < -0.39 is 0 Å². The minimum Gasteiger partial charge on any atom is -0.497 e. The molecule has 6 heteroatoms. The molecule has 23 heavy (non-hydrogen) atoms. The first-order chi connectivity index (χ1) is 11.3. The summed E-state index contributed by atoms with van der Waals surface area (Å²) >= 11 is 6.23. The van der Waals surface area contributed by atoms with E-state index in [-0.39, 0.29) is 0 Å². The van der Waals surface area contributed by atoms with Crippen LogP contribution in [-0.2, 0) is 0 Å².